The molecule has 124 valence electrons. The Hall–Kier alpha value is -0.940. The van der Waals surface area contributed by atoms with Crippen molar-refractivity contribution in [1.82, 2.24) is 19.9 Å². The van der Waals surface area contributed by atoms with Crippen LogP contribution < -0.4 is 0 Å². The molecule has 3 rings (SSSR count). The van der Waals surface area contributed by atoms with Crippen LogP contribution in [0.4, 0.5) is 0 Å². The number of aromatic nitrogens is 2. The van der Waals surface area contributed by atoms with Gasteiger partial charge in [-0.25, -0.2) is 0 Å². The molecule has 0 radical (unpaired) electrons. The van der Waals surface area contributed by atoms with Gasteiger partial charge in [-0.05, 0) is 51.7 Å². The average molecular weight is 306 g/mol. The molecule has 0 spiro atoms. The van der Waals surface area contributed by atoms with Crippen molar-refractivity contribution in [2.75, 3.05) is 26.7 Å². The summed E-state index contributed by atoms with van der Waals surface area (Å²) in [5.41, 5.74) is 0. The second-order valence-electron chi connectivity index (χ2n) is 7.40. The van der Waals surface area contributed by atoms with Crippen molar-refractivity contribution in [2.24, 2.45) is 5.92 Å². The molecule has 1 aromatic rings. The van der Waals surface area contributed by atoms with Gasteiger partial charge in [-0.15, -0.1) is 0 Å². The molecule has 0 N–H and O–H groups in total. The molecule has 0 unspecified atom stereocenters. The lowest BCUT2D eigenvalue weighted by Gasteiger charge is -2.45. The van der Waals surface area contributed by atoms with E-state index in [1.807, 2.05) is 0 Å². The van der Waals surface area contributed by atoms with Crippen molar-refractivity contribution in [3.05, 3.63) is 11.7 Å². The van der Waals surface area contributed by atoms with Crippen molar-refractivity contribution < 1.29 is 4.52 Å². The van der Waals surface area contributed by atoms with Crippen LogP contribution in [0.25, 0.3) is 0 Å². The Morgan fingerprint density at radius 1 is 1.23 bits per heavy atom. The monoisotopic (exact) mass is 306 g/mol. The second kappa shape index (κ2) is 7.09. The summed E-state index contributed by atoms with van der Waals surface area (Å²) in [6.45, 7) is 8.73. The highest BCUT2D eigenvalue weighted by atomic mass is 16.5. The van der Waals surface area contributed by atoms with Crippen molar-refractivity contribution in [2.45, 2.75) is 64.5 Å². The molecule has 3 heterocycles. The van der Waals surface area contributed by atoms with Crippen molar-refractivity contribution in [1.29, 1.82) is 0 Å². The summed E-state index contributed by atoms with van der Waals surface area (Å²) in [5, 5.41) is 4.11. The fourth-order valence-corrected chi connectivity index (χ4v) is 4.06. The fraction of sp³-hybridized carbons (Fsp3) is 0.882. The first kappa shape index (κ1) is 15.9. The molecule has 0 bridgehead atoms. The zero-order valence-electron chi connectivity index (χ0n) is 14.3. The third-order valence-corrected chi connectivity index (χ3v) is 5.16. The van der Waals surface area contributed by atoms with E-state index in [0.717, 1.165) is 36.8 Å². The summed E-state index contributed by atoms with van der Waals surface area (Å²) in [4.78, 5) is 9.60. The maximum absolute atomic E-state index is 5.31. The fourth-order valence-electron chi connectivity index (χ4n) is 4.06. The van der Waals surface area contributed by atoms with Gasteiger partial charge in [0.05, 0.1) is 6.54 Å². The molecule has 2 aliphatic heterocycles. The van der Waals surface area contributed by atoms with E-state index in [1.54, 1.807) is 0 Å². The van der Waals surface area contributed by atoms with Gasteiger partial charge in [0.2, 0.25) is 5.89 Å². The highest BCUT2D eigenvalue weighted by Gasteiger charge is 2.33. The lowest BCUT2D eigenvalue weighted by Crippen LogP contribution is -2.50. The lowest BCUT2D eigenvalue weighted by molar-refractivity contribution is 0.0430. The molecule has 0 saturated carbocycles. The zero-order chi connectivity index (χ0) is 15.5. The van der Waals surface area contributed by atoms with Gasteiger partial charge >= 0.3 is 0 Å². The van der Waals surface area contributed by atoms with Crippen LogP contribution in [-0.2, 0) is 6.54 Å². The smallest absolute Gasteiger partial charge is 0.229 e. The van der Waals surface area contributed by atoms with Gasteiger partial charge in [0.1, 0.15) is 0 Å². The molecule has 0 amide bonds. The van der Waals surface area contributed by atoms with E-state index < -0.39 is 0 Å². The summed E-state index contributed by atoms with van der Waals surface area (Å²) in [5.74, 6) is 2.68. The number of nitrogens with zero attached hydrogens (tertiary/aromatic N) is 4. The molecule has 1 aromatic heterocycles. The third-order valence-electron chi connectivity index (χ3n) is 5.16. The summed E-state index contributed by atoms with van der Waals surface area (Å²) in [6, 6.07) is 0.807. The van der Waals surface area contributed by atoms with Gasteiger partial charge in [-0.3, -0.25) is 4.90 Å². The first-order chi connectivity index (χ1) is 10.6. The second-order valence-corrected chi connectivity index (χ2v) is 7.40. The van der Waals surface area contributed by atoms with E-state index in [9.17, 15) is 0 Å². The number of rotatable bonds is 5. The van der Waals surface area contributed by atoms with Crippen LogP contribution in [0.5, 0.6) is 0 Å². The maximum atomic E-state index is 5.31. The molecule has 2 saturated heterocycles. The highest BCUT2D eigenvalue weighted by Crippen LogP contribution is 2.31. The van der Waals surface area contributed by atoms with E-state index in [2.05, 4.69) is 40.8 Å². The van der Waals surface area contributed by atoms with E-state index in [-0.39, 0.29) is 0 Å². The molecular formula is C17H30N4O. The standard InChI is InChI=1S/C17H30N4O/c1-13(2)17-18-16(19-22-17)12-20(3)11-14-7-6-10-21-9-5-4-8-15(14)21/h13-15H,4-12H2,1-3H3/t14-,15+/m0/s1. The Morgan fingerprint density at radius 2 is 2.05 bits per heavy atom. The van der Waals surface area contributed by atoms with Crippen molar-refractivity contribution in [3.63, 3.8) is 0 Å². The van der Waals surface area contributed by atoms with Gasteiger partial charge in [0, 0.05) is 18.5 Å². The average Bonchev–Trinajstić information content (AvgIpc) is 2.96. The van der Waals surface area contributed by atoms with Crippen LogP contribution in [0.3, 0.4) is 0 Å². The molecule has 2 aliphatic rings. The Labute approximate surface area is 134 Å². The van der Waals surface area contributed by atoms with Crippen LogP contribution in [0.1, 0.15) is 63.6 Å². The third kappa shape index (κ3) is 3.69. The molecular weight excluding hydrogens is 276 g/mol. The van der Waals surface area contributed by atoms with Crippen LogP contribution in [0.2, 0.25) is 0 Å². The number of piperidine rings is 2. The van der Waals surface area contributed by atoms with Gasteiger partial charge in [-0.1, -0.05) is 25.4 Å². The topological polar surface area (TPSA) is 45.4 Å². The van der Waals surface area contributed by atoms with E-state index in [1.165, 1.54) is 45.2 Å². The summed E-state index contributed by atoms with van der Waals surface area (Å²) in [7, 11) is 2.19. The summed E-state index contributed by atoms with van der Waals surface area (Å²) >= 11 is 0. The first-order valence-corrected chi connectivity index (χ1v) is 8.88. The van der Waals surface area contributed by atoms with Crippen LogP contribution >= 0.6 is 0 Å². The minimum Gasteiger partial charge on any atom is -0.339 e. The van der Waals surface area contributed by atoms with Crippen molar-refractivity contribution >= 4 is 0 Å². The maximum Gasteiger partial charge on any atom is 0.229 e. The van der Waals surface area contributed by atoms with Crippen LogP contribution in [0.15, 0.2) is 4.52 Å². The van der Waals surface area contributed by atoms with Crippen LogP contribution in [0, 0.1) is 5.92 Å². The Bertz CT molecular complexity index is 471. The first-order valence-electron chi connectivity index (χ1n) is 8.88. The minimum absolute atomic E-state index is 0.306. The van der Waals surface area contributed by atoms with Crippen LogP contribution in [-0.4, -0.2) is 52.7 Å². The minimum atomic E-state index is 0.306. The molecule has 22 heavy (non-hydrogen) atoms. The Balaban J connectivity index is 1.54. The van der Waals surface area contributed by atoms with Gasteiger partial charge < -0.3 is 9.42 Å². The quantitative estimate of drug-likeness (QED) is 0.837. The van der Waals surface area contributed by atoms with Gasteiger partial charge in [0.15, 0.2) is 5.82 Å². The number of fused-ring (bicyclic) bond motifs is 1. The highest BCUT2D eigenvalue weighted by molar-refractivity contribution is 4.92. The van der Waals surface area contributed by atoms with Crippen molar-refractivity contribution in [3.8, 4) is 0 Å². The van der Waals surface area contributed by atoms with E-state index in [4.69, 9.17) is 4.52 Å². The van der Waals surface area contributed by atoms with E-state index >= 15 is 0 Å². The number of hydrogen-bond donors (Lipinski definition) is 0. The summed E-state index contributed by atoms with van der Waals surface area (Å²) < 4.78 is 5.31. The van der Waals surface area contributed by atoms with Gasteiger partial charge in [0.25, 0.3) is 0 Å². The zero-order valence-corrected chi connectivity index (χ0v) is 14.3. The number of hydrogen-bond acceptors (Lipinski definition) is 5. The normalized spacial score (nSPS) is 26.6. The largest absolute Gasteiger partial charge is 0.339 e. The predicted molar refractivity (Wildman–Crippen MR) is 86.7 cm³/mol. The lowest BCUT2D eigenvalue weighted by atomic mass is 9.83. The predicted octanol–water partition coefficient (Wildman–Crippen LogP) is 2.89. The Morgan fingerprint density at radius 3 is 2.82 bits per heavy atom. The molecule has 5 nitrogen and oxygen atoms in total. The molecule has 2 atom stereocenters. The summed E-state index contributed by atoms with van der Waals surface area (Å²) in [6.07, 6.45) is 6.91. The molecule has 0 aromatic carbocycles. The molecule has 0 aliphatic carbocycles. The SMILES string of the molecule is CC(C)c1nc(CN(C)C[C@@H]2CCCN3CCCC[C@H]23)no1. The van der Waals surface area contributed by atoms with E-state index in [0.29, 0.717) is 5.92 Å². The Kier molecular flexibility index (Phi) is 5.14. The molecule has 2 fully saturated rings. The molecule has 5 heteroatoms. The van der Waals surface area contributed by atoms with Gasteiger partial charge in [-0.2, -0.15) is 4.98 Å².